The van der Waals surface area contributed by atoms with E-state index in [1.165, 1.54) is 33.4 Å². The molecule has 0 spiro atoms. The third-order valence-corrected chi connectivity index (χ3v) is 11.7. The molecule has 0 atom stereocenters. The molecule has 0 unspecified atom stereocenters. The van der Waals surface area contributed by atoms with Gasteiger partial charge in [0, 0.05) is 49.9 Å². The minimum absolute atomic E-state index is 0.141. The summed E-state index contributed by atoms with van der Waals surface area (Å²) in [5, 5.41) is 2.06. The zero-order chi connectivity index (χ0) is 39.5. The van der Waals surface area contributed by atoms with Crippen molar-refractivity contribution in [3.8, 4) is 56.4 Å². The van der Waals surface area contributed by atoms with Crippen LogP contribution in [0.15, 0.2) is 199 Å². The van der Waals surface area contributed by atoms with Crippen LogP contribution in [-0.4, -0.2) is 15.0 Å². The average Bonchev–Trinajstić information content (AvgIpc) is 3.78. The molecule has 2 heterocycles. The summed E-state index contributed by atoms with van der Waals surface area (Å²) < 4.78 is 6.57. The Morgan fingerprint density at radius 3 is 1.63 bits per heavy atom. The van der Waals surface area contributed by atoms with Gasteiger partial charge in [0.05, 0.1) is 0 Å². The molecule has 2 aromatic heterocycles. The Kier molecular flexibility index (Phi) is 8.09. The molecule has 0 bridgehead atoms. The molecular weight excluding hydrogens is 721 g/mol. The Morgan fingerprint density at radius 1 is 0.373 bits per heavy atom. The molecule has 0 fully saturated rings. The number of fused-ring (bicyclic) bond motifs is 6. The quantitative estimate of drug-likeness (QED) is 0.162. The summed E-state index contributed by atoms with van der Waals surface area (Å²) in [7, 11) is 0. The van der Waals surface area contributed by atoms with Crippen LogP contribution >= 0.6 is 0 Å². The number of benzene rings is 8. The first kappa shape index (κ1) is 34.6. The number of rotatable bonds is 7. The number of hydrogen-bond acceptors (Lipinski definition) is 5. The van der Waals surface area contributed by atoms with Crippen LogP contribution in [0.5, 0.6) is 0 Å². The number of nitrogens with zero attached hydrogens (tertiary/aromatic N) is 4. The van der Waals surface area contributed by atoms with E-state index in [1.54, 1.807) is 0 Å². The average molecular weight is 759 g/mol. The summed E-state index contributed by atoms with van der Waals surface area (Å²) in [4.78, 5) is 17.5. The van der Waals surface area contributed by atoms with Gasteiger partial charge in [0.25, 0.3) is 0 Å². The summed E-state index contributed by atoms with van der Waals surface area (Å²) in [6.45, 7) is 4.59. The molecule has 5 nitrogen and oxygen atoms in total. The highest BCUT2D eigenvalue weighted by Gasteiger charge is 2.35. The molecule has 0 saturated heterocycles. The van der Waals surface area contributed by atoms with Crippen LogP contribution in [0.25, 0.3) is 78.4 Å². The number of anilines is 3. The highest BCUT2D eigenvalue weighted by atomic mass is 16.3. The van der Waals surface area contributed by atoms with Crippen LogP contribution in [0.2, 0.25) is 0 Å². The largest absolute Gasteiger partial charge is 0.456 e. The zero-order valence-electron chi connectivity index (χ0n) is 32.7. The van der Waals surface area contributed by atoms with Crippen molar-refractivity contribution in [1.82, 2.24) is 15.0 Å². The van der Waals surface area contributed by atoms with Crippen LogP contribution in [0.3, 0.4) is 0 Å². The van der Waals surface area contributed by atoms with Crippen molar-refractivity contribution >= 4 is 39.0 Å². The number of hydrogen-bond donors (Lipinski definition) is 0. The van der Waals surface area contributed by atoms with Crippen molar-refractivity contribution < 1.29 is 4.42 Å². The second-order valence-electron chi connectivity index (χ2n) is 15.7. The third-order valence-electron chi connectivity index (χ3n) is 11.7. The molecule has 1 aliphatic carbocycles. The normalized spacial score (nSPS) is 12.7. The van der Waals surface area contributed by atoms with Gasteiger partial charge in [-0.25, -0.2) is 15.0 Å². The Balaban J connectivity index is 0.997. The van der Waals surface area contributed by atoms with Crippen molar-refractivity contribution in [2.24, 2.45) is 0 Å². The molecule has 0 saturated carbocycles. The maximum absolute atomic E-state index is 6.57. The highest BCUT2D eigenvalue weighted by molar-refractivity contribution is 6.07. The SMILES string of the molecule is CC1(C)c2ccccc2-c2ccc(-c3nc(-c4ccccc4)nc(-c4ccc5c(c4)oc4ccc(N(c6ccccc6)c6ccc(-c7ccccc7)cc6)cc45)n3)cc21. The smallest absolute Gasteiger partial charge is 0.164 e. The van der Waals surface area contributed by atoms with Gasteiger partial charge >= 0.3 is 0 Å². The zero-order valence-corrected chi connectivity index (χ0v) is 32.7. The molecule has 0 N–H and O–H groups in total. The van der Waals surface area contributed by atoms with Crippen molar-refractivity contribution in [2.45, 2.75) is 19.3 Å². The van der Waals surface area contributed by atoms with Crippen molar-refractivity contribution in [1.29, 1.82) is 0 Å². The van der Waals surface area contributed by atoms with E-state index in [9.17, 15) is 0 Å². The number of para-hydroxylation sites is 1. The molecular formula is C54H38N4O. The van der Waals surface area contributed by atoms with Crippen LogP contribution in [0.1, 0.15) is 25.0 Å². The topological polar surface area (TPSA) is 55.1 Å². The Morgan fingerprint density at radius 2 is 0.898 bits per heavy atom. The van der Waals surface area contributed by atoms with Crippen molar-refractivity contribution in [2.75, 3.05) is 4.90 Å². The van der Waals surface area contributed by atoms with Gasteiger partial charge < -0.3 is 9.32 Å². The van der Waals surface area contributed by atoms with E-state index in [-0.39, 0.29) is 5.41 Å². The van der Waals surface area contributed by atoms with E-state index in [0.717, 1.165) is 55.7 Å². The van der Waals surface area contributed by atoms with Gasteiger partial charge in [-0.1, -0.05) is 147 Å². The molecule has 1 aliphatic rings. The van der Waals surface area contributed by atoms with Gasteiger partial charge in [0.2, 0.25) is 0 Å². The van der Waals surface area contributed by atoms with E-state index in [1.807, 2.05) is 36.4 Å². The van der Waals surface area contributed by atoms with Gasteiger partial charge in [-0.15, -0.1) is 0 Å². The monoisotopic (exact) mass is 758 g/mol. The van der Waals surface area contributed by atoms with E-state index in [0.29, 0.717) is 17.5 Å². The van der Waals surface area contributed by atoms with Gasteiger partial charge in [-0.2, -0.15) is 0 Å². The van der Waals surface area contributed by atoms with Crippen LogP contribution in [0, 0.1) is 0 Å². The van der Waals surface area contributed by atoms with E-state index in [2.05, 4.69) is 176 Å². The Bertz CT molecular complexity index is 3170. The first-order valence-corrected chi connectivity index (χ1v) is 20.0. The van der Waals surface area contributed by atoms with E-state index in [4.69, 9.17) is 19.4 Å². The van der Waals surface area contributed by atoms with Gasteiger partial charge in [-0.05, 0) is 94.0 Å². The lowest BCUT2D eigenvalue weighted by Crippen LogP contribution is -2.15. The Hall–Kier alpha value is -7.63. The molecule has 0 aliphatic heterocycles. The predicted octanol–water partition coefficient (Wildman–Crippen LogP) is 14.2. The molecule has 5 heteroatoms. The van der Waals surface area contributed by atoms with Gasteiger partial charge in [-0.3, -0.25) is 0 Å². The van der Waals surface area contributed by atoms with E-state index < -0.39 is 0 Å². The van der Waals surface area contributed by atoms with Crippen LogP contribution in [-0.2, 0) is 5.41 Å². The minimum atomic E-state index is -0.141. The molecule has 59 heavy (non-hydrogen) atoms. The fourth-order valence-corrected chi connectivity index (χ4v) is 8.70. The number of aromatic nitrogens is 3. The summed E-state index contributed by atoms with van der Waals surface area (Å²) in [6.07, 6.45) is 0. The lowest BCUT2D eigenvalue weighted by Gasteiger charge is -2.25. The molecule has 0 radical (unpaired) electrons. The first-order valence-electron chi connectivity index (χ1n) is 20.0. The molecule has 0 amide bonds. The molecule has 10 aromatic rings. The Labute approximate surface area is 342 Å². The fraction of sp³-hybridized carbons (Fsp3) is 0.0556. The number of furan rings is 1. The fourth-order valence-electron chi connectivity index (χ4n) is 8.70. The molecule has 280 valence electrons. The maximum Gasteiger partial charge on any atom is 0.164 e. The maximum atomic E-state index is 6.57. The molecule has 11 rings (SSSR count). The van der Waals surface area contributed by atoms with Crippen molar-refractivity contribution in [3.05, 3.63) is 205 Å². The van der Waals surface area contributed by atoms with Crippen molar-refractivity contribution in [3.63, 3.8) is 0 Å². The van der Waals surface area contributed by atoms with Crippen LogP contribution < -0.4 is 4.90 Å². The second-order valence-corrected chi connectivity index (χ2v) is 15.7. The highest BCUT2D eigenvalue weighted by Crippen LogP contribution is 2.49. The van der Waals surface area contributed by atoms with Gasteiger partial charge in [0.1, 0.15) is 11.2 Å². The second kappa shape index (κ2) is 13.8. The predicted molar refractivity (Wildman–Crippen MR) is 241 cm³/mol. The first-order chi connectivity index (χ1) is 29.0. The van der Waals surface area contributed by atoms with Gasteiger partial charge in [0.15, 0.2) is 17.5 Å². The summed E-state index contributed by atoms with van der Waals surface area (Å²) in [5.41, 5.74) is 14.9. The molecule has 8 aromatic carbocycles. The van der Waals surface area contributed by atoms with E-state index >= 15 is 0 Å². The minimum Gasteiger partial charge on any atom is -0.456 e. The lowest BCUT2D eigenvalue weighted by molar-refractivity contribution is 0.660. The summed E-state index contributed by atoms with van der Waals surface area (Å²) >= 11 is 0. The summed E-state index contributed by atoms with van der Waals surface area (Å²) in [5.74, 6) is 1.85. The third kappa shape index (κ3) is 5.98. The summed E-state index contributed by atoms with van der Waals surface area (Å²) in [6, 6.07) is 67.9. The lowest BCUT2D eigenvalue weighted by atomic mass is 9.82. The standard InChI is InChI=1S/C54H38N4O/c1-54(2)47-21-13-12-20-43(47)44-29-24-38(32-48(44)54)52-55-51(37-16-8-4-9-17-37)56-53(57-52)39-25-30-45-46-34-42(28-31-49(46)59-50(45)33-39)58(40-18-10-5-11-19-40)41-26-22-36(23-27-41)35-14-6-3-7-15-35/h3-34H,1-2H3. The van der Waals surface area contributed by atoms with Crippen LogP contribution in [0.4, 0.5) is 17.1 Å².